The van der Waals surface area contributed by atoms with Crippen molar-refractivity contribution in [3.05, 3.63) is 26.9 Å². The first-order valence-electron chi connectivity index (χ1n) is 3.16. The van der Waals surface area contributed by atoms with Gasteiger partial charge in [0.25, 0.3) is 5.56 Å². The van der Waals surface area contributed by atoms with Crippen molar-refractivity contribution < 1.29 is 5.11 Å². The van der Waals surface area contributed by atoms with E-state index in [1.807, 2.05) is 0 Å². The van der Waals surface area contributed by atoms with Crippen molar-refractivity contribution in [3.63, 3.8) is 0 Å². The summed E-state index contributed by atoms with van der Waals surface area (Å²) in [6, 6.07) is 1.38. The highest BCUT2D eigenvalue weighted by Crippen LogP contribution is 1.88. The Morgan fingerprint density at radius 3 is 2.82 bits per heavy atom. The maximum atomic E-state index is 10.8. The van der Waals surface area contributed by atoms with E-state index in [0.29, 0.717) is 16.9 Å². The van der Waals surface area contributed by atoms with E-state index in [-0.39, 0.29) is 12.2 Å². The molecule has 0 saturated heterocycles. The molecule has 0 unspecified atom stereocenters. The molecule has 60 valence electrons. The van der Waals surface area contributed by atoms with Crippen LogP contribution in [-0.2, 0) is 6.42 Å². The molecule has 0 fully saturated rings. The maximum Gasteiger partial charge on any atom is 0.251 e. The van der Waals surface area contributed by atoms with E-state index in [2.05, 4.69) is 9.97 Å². The van der Waals surface area contributed by atoms with Crippen molar-refractivity contribution in [2.24, 2.45) is 0 Å². The summed E-state index contributed by atoms with van der Waals surface area (Å²) in [7, 11) is 0. The van der Waals surface area contributed by atoms with Gasteiger partial charge in [0.05, 0.1) is 0 Å². The molecule has 4 nitrogen and oxygen atoms in total. The lowest BCUT2D eigenvalue weighted by molar-refractivity contribution is 0.298. The lowest BCUT2D eigenvalue weighted by atomic mass is 10.3. The number of nitrogens with one attached hydrogen (secondary N) is 2. The molecule has 0 amide bonds. The zero-order chi connectivity index (χ0) is 8.27. The van der Waals surface area contributed by atoms with Gasteiger partial charge >= 0.3 is 0 Å². The van der Waals surface area contributed by atoms with Gasteiger partial charge in [-0.3, -0.25) is 9.78 Å². The molecular formula is C6H8N2O2S. The topological polar surface area (TPSA) is 68.9 Å². The number of aromatic amines is 2. The fourth-order valence-electron chi connectivity index (χ4n) is 0.775. The van der Waals surface area contributed by atoms with Crippen molar-refractivity contribution in [1.29, 1.82) is 0 Å². The highest BCUT2D eigenvalue weighted by molar-refractivity contribution is 7.71. The van der Waals surface area contributed by atoms with Gasteiger partial charge in [0, 0.05) is 24.8 Å². The Balaban J connectivity index is 3.09. The van der Waals surface area contributed by atoms with Crippen LogP contribution in [0.25, 0.3) is 0 Å². The van der Waals surface area contributed by atoms with E-state index in [1.165, 1.54) is 6.07 Å². The normalized spacial score (nSPS) is 9.91. The second-order valence-electron chi connectivity index (χ2n) is 2.09. The summed E-state index contributed by atoms with van der Waals surface area (Å²) in [4.78, 5) is 15.9. The molecule has 1 aromatic rings. The Morgan fingerprint density at radius 2 is 2.27 bits per heavy atom. The van der Waals surface area contributed by atoms with Crippen molar-refractivity contribution >= 4 is 12.2 Å². The SMILES string of the molecule is O=c1cc(CCO)[nH]c(=S)[nH]1. The molecule has 1 aromatic heterocycles. The van der Waals surface area contributed by atoms with Gasteiger partial charge in [-0.05, 0) is 12.2 Å². The predicted octanol–water partition coefficient (Wildman–Crippen LogP) is -0.0327. The van der Waals surface area contributed by atoms with E-state index in [1.54, 1.807) is 0 Å². The molecule has 11 heavy (non-hydrogen) atoms. The molecule has 3 N–H and O–H groups in total. The molecule has 0 radical (unpaired) electrons. The second-order valence-corrected chi connectivity index (χ2v) is 2.49. The van der Waals surface area contributed by atoms with Gasteiger partial charge in [-0.1, -0.05) is 0 Å². The molecule has 0 atom stereocenters. The van der Waals surface area contributed by atoms with Crippen molar-refractivity contribution in [1.82, 2.24) is 9.97 Å². The van der Waals surface area contributed by atoms with Crippen LogP contribution in [0.5, 0.6) is 0 Å². The molecule has 0 saturated carbocycles. The van der Waals surface area contributed by atoms with E-state index in [4.69, 9.17) is 17.3 Å². The average Bonchev–Trinajstić information content (AvgIpc) is 1.85. The van der Waals surface area contributed by atoms with Gasteiger partial charge < -0.3 is 10.1 Å². The zero-order valence-corrected chi connectivity index (χ0v) is 6.57. The number of aliphatic hydroxyl groups is 1. The third kappa shape index (κ3) is 2.28. The Bertz CT molecular complexity index is 313. The third-order valence-corrected chi connectivity index (χ3v) is 1.40. The molecule has 0 bridgehead atoms. The molecule has 1 rings (SSSR count). The van der Waals surface area contributed by atoms with E-state index in [9.17, 15) is 4.79 Å². The smallest absolute Gasteiger partial charge is 0.251 e. The molecule has 0 aliphatic carbocycles. The van der Waals surface area contributed by atoms with Crippen LogP contribution < -0.4 is 5.56 Å². The summed E-state index contributed by atoms with van der Waals surface area (Å²) < 4.78 is 0.293. The van der Waals surface area contributed by atoms with Gasteiger partial charge in [0.15, 0.2) is 4.77 Å². The van der Waals surface area contributed by atoms with Gasteiger partial charge in [0.1, 0.15) is 0 Å². The molecule has 5 heteroatoms. The highest BCUT2D eigenvalue weighted by atomic mass is 32.1. The molecule has 0 aliphatic rings. The number of hydrogen-bond donors (Lipinski definition) is 3. The van der Waals surface area contributed by atoms with Crippen molar-refractivity contribution in [3.8, 4) is 0 Å². The van der Waals surface area contributed by atoms with E-state index < -0.39 is 0 Å². The van der Waals surface area contributed by atoms with Crippen LogP contribution in [0.2, 0.25) is 0 Å². The van der Waals surface area contributed by atoms with E-state index >= 15 is 0 Å². The second kappa shape index (κ2) is 3.45. The monoisotopic (exact) mass is 172 g/mol. The first-order chi connectivity index (χ1) is 5.22. The Kier molecular flexibility index (Phi) is 2.56. The van der Waals surface area contributed by atoms with Crippen LogP contribution in [0.4, 0.5) is 0 Å². The van der Waals surface area contributed by atoms with Crippen LogP contribution in [0.1, 0.15) is 5.69 Å². The third-order valence-electron chi connectivity index (χ3n) is 1.20. The first kappa shape index (κ1) is 8.16. The minimum Gasteiger partial charge on any atom is -0.396 e. The van der Waals surface area contributed by atoms with Crippen LogP contribution in [0, 0.1) is 4.77 Å². The summed E-state index contributed by atoms with van der Waals surface area (Å²) in [5.41, 5.74) is 0.415. The van der Waals surface area contributed by atoms with Crippen LogP contribution in [0.3, 0.4) is 0 Å². The summed E-state index contributed by atoms with van der Waals surface area (Å²) >= 11 is 4.71. The summed E-state index contributed by atoms with van der Waals surface area (Å²) in [6.45, 7) is 0.00866. The summed E-state index contributed by atoms with van der Waals surface area (Å²) in [6.07, 6.45) is 0.424. The average molecular weight is 172 g/mol. The fourth-order valence-corrected chi connectivity index (χ4v) is 1.01. The largest absolute Gasteiger partial charge is 0.396 e. The van der Waals surface area contributed by atoms with Gasteiger partial charge in [-0.2, -0.15) is 0 Å². The van der Waals surface area contributed by atoms with Crippen molar-refractivity contribution in [2.75, 3.05) is 6.61 Å². The Labute approximate surface area is 67.9 Å². The number of rotatable bonds is 2. The summed E-state index contributed by atoms with van der Waals surface area (Å²) in [5, 5.41) is 8.54. The number of H-pyrrole nitrogens is 2. The molecular weight excluding hydrogens is 164 g/mol. The number of aliphatic hydroxyl groups excluding tert-OH is 1. The van der Waals surface area contributed by atoms with Gasteiger partial charge in [-0.25, -0.2) is 0 Å². The van der Waals surface area contributed by atoms with Gasteiger partial charge in [-0.15, -0.1) is 0 Å². The molecule has 0 aromatic carbocycles. The quantitative estimate of drug-likeness (QED) is 0.548. The minimum atomic E-state index is -0.239. The van der Waals surface area contributed by atoms with Crippen LogP contribution >= 0.6 is 12.2 Å². The lowest BCUT2D eigenvalue weighted by Crippen LogP contribution is -2.09. The fraction of sp³-hybridized carbons (Fsp3) is 0.333. The van der Waals surface area contributed by atoms with E-state index in [0.717, 1.165) is 0 Å². The molecule has 1 heterocycles. The predicted molar refractivity (Wildman–Crippen MR) is 43.0 cm³/mol. The first-order valence-corrected chi connectivity index (χ1v) is 3.56. The Hall–Kier alpha value is -0.940. The minimum absolute atomic E-state index is 0.00866. The number of hydrogen-bond acceptors (Lipinski definition) is 3. The highest BCUT2D eigenvalue weighted by Gasteiger charge is 1.92. The Morgan fingerprint density at radius 1 is 1.55 bits per heavy atom. The zero-order valence-electron chi connectivity index (χ0n) is 5.76. The van der Waals surface area contributed by atoms with Crippen LogP contribution in [-0.4, -0.2) is 21.7 Å². The lowest BCUT2D eigenvalue weighted by Gasteiger charge is -1.95. The maximum absolute atomic E-state index is 10.8. The van der Waals surface area contributed by atoms with Gasteiger partial charge in [0.2, 0.25) is 0 Å². The van der Waals surface area contributed by atoms with Crippen molar-refractivity contribution in [2.45, 2.75) is 6.42 Å². The van der Waals surface area contributed by atoms with Crippen LogP contribution in [0.15, 0.2) is 10.9 Å². The molecule has 0 aliphatic heterocycles. The number of aromatic nitrogens is 2. The molecule has 0 spiro atoms. The standard InChI is InChI=1S/C6H8N2O2S/c9-2-1-4-3-5(10)8-6(11)7-4/h3,9H,1-2H2,(H2,7,8,10,11). The summed E-state index contributed by atoms with van der Waals surface area (Å²) in [5.74, 6) is 0.